The number of ether oxygens (including phenoxy) is 1. The number of likely N-dealkylation sites (tertiary alicyclic amines) is 1. The molecule has 29 heavy (non-hydrogen) atoms. The highest BCUT2D eigenvalue weighted by atomic mass is 32.1. The molecule has 0 atom stereocenters. The van der Waals surface area contributed by atoms with E-state index in [1.165, 1.54) is 37.2 Å². The predicted molar refractivity (Wildman–Crippen MR) is 125 cm³/mol. The second-order valence-corrected chi connectivity index (χ2v) is 8.78. The van der Waals surface area contributed by atoms with Gasteiger partial charge in [-0.3, -0.25) is 9.69 Å². The van der Waals surface area contributed by atoms with Crippen molar-refractivity contribution in [3.8, 4) is 5.75 Å². The summed E-state index contributed by atoms with van der Waals surface area (Å²) in [6.07, 6.45) is 7.19. The maximum Gasteiger partial charge on any atom is 0.220 e. The summed E-state index contributed by atoms with van der Waals surface area (Å²) >= 11 is 6.87. The van der Waals surface area contributed by atoms with Crippen LogP contribution in [0, 0.1) is 0 Å². The van der Waals surface area contributed by atoms with E-state index in [1.54, 1.807) is 11.3 Å². The Balaban J connectivity index is 1.44. The van der Waals surface area contributed by atoms with Gasteiger partial charge in [-0.15, -0.1) is 11.3 Å². The monoisotopic (exact) mass is 440 g/mol. The largest absolute Gasteiger partial charge is 0.493 e. The molecular weight excluding hydrogens is 404 g/mol. The zero-order valence-electron chi connectivity index (χ0n) is 17.6. The van der Waals surface area contributed by atoms with Crippen molar-refractivity contribution in [2.24, 2.45) is 0 Å². The normalized spacial score (nSPS) is 14.4. The van der Waals surface area contributed by atoms with E-state index in [1.807, 2.05) is 6.92 Å². The summed E-state index contributed by atoms with van der Waals surface area (Å²) in [6, 6.07) is 2.18. The van der Waals surface area contributed by atoms with Crippen LogP contribution in [0.25, 0.3) is 0 Å². The van der Waals surface area contributed by atoms with Crippen molar-refractivity contribution in [3.05, 3.63) is 16.3 Å². The maximum atomic E-state index is 11.8. The molecule has 1 saturated heterocycles. The van der Waals surface area contributed by atoms with Gasteiger partial charge < -0.3 is 20.7 Å². The van der Waals surface area contributed by atoms with E-state index in [0.29, 0.717) is 31.2 Å². The molecule has 8 heteroatoms. The van der Waals surface area contributed by atoms with Crippen molar-refractivity contribution >= 4 is 34.6 Å². The molecule has 6 nitrogen and oxygen atoms in total. The fourth-order valence-electron chi connectivity index (χ4n) is 3.26. The van der Waals surface area contributed by atoms with Gasteiger partial charge >= 0.3 is 0 Å². The molecule has 0 unspecified atom stereocenters. The van der Waals surface area contributed by atoms with E-state index in [0.717, 1.165) is 38.1 Å². The van der Waals surface area contributed by atoms with Crippen molar-refractivity contribution in [1.82, 2.24) is 20.9 Å². The first-order valence-electron chi connectivity index (χ1n) is 10.9. The van der Waals surface area contributed by atoms with E-state index < -0.39 is 0 Å². The highest BCUT2D eigenvalue weighted by Gasteiger charge is 2.11. The van der Waals surface area contributed by atoms with Crippen molar-refractivity contribution in [2.75, 3.05) is 39.3 Å². The lowest BCUT2D eigenvalue weighted by Gasteiger charge is -2.25. The van der Waals surface area contributed by atoms with Gasteiger partial charge in [-0.05, 0) is 70.4 Å². The van der Waals surface area contributed by atoms with Gasteiger partial charge in [0.2, 0.25) is 5.91 Å². The number of nitrogens with zero attached hydrogens (tertiary/aromatic N) is 1. The zero-order chi connectivity index (χ0) is 20.7. The van der Waals surface area contributed by atoms with Crippen LogP contribution in [0.15, 0.2) is 11.4 Å². The Bertz CT molecular complexity index is 603. The van der Waals surface area contributed by atoms with Crippen LogP contribution < -0.4 is 20.7 Å². The Labute approximate surface area is 184 Å². The highest BCUT2D eigenvalue weighted by molar-refractivity contribution is 7.80. The molecule has 3 N–H and O–H groups in total. The Hall–Kier alpha value is -1.38. The lowest BCUT2D eigenvalue weighted by molar-refractivity contribution is -0.121. The number of hydrogen-bond acceptors (Lipinski definition) is 5. The number of carbonyl (C=O) groups is 1. The second-order valence-electron chi connectivity index (χ2n) is 7.38. The Morgan fingerprint density at radius 1 is 1.14 bits per heavy atom. The van der Waals surface area contributed by atoms with Gasteiger partial charge in [-0.1, -0.05) is 6.42 Å². The SMILES string of the molecule is CCNC(=S)NCCCC(=O)NCCCCOc1csc(CN2CCCCC2)c1. The number of rotatable bonds is 13. The number of piperidine rings is 1. The standard InChI is InChI=1S/C21H36N4O2S2/c1-2-22-21(28)24-11-8-9-20(26)23-10-4-7-14-27-18-15-19(29-17-18)16-25-12-5-3-6-13-25/h15,17H,2-14,16H2,1H3,(H,23,26)(H2,22,24,28). The molecular formula is C21H36N4O2S2. The number of thiophene rings is 1. The third-order valence-electron chi connectivity index (χ3n) is 4.82. The summed E-state index contributed by atoms with van der Waals surface area (Å²) in [5, 5.41) is 11.8. The van der Waals surface area contributed by atoms with Gasteiger partial charge in [0.1, 0.15) is 5.75 Å². The molecule has 0 aromatic carbocycles. The summed E-state index contributed by atoms with van der Waals surface area (Å²) in [5.41, 5.74) is 0. The minimum absolute atomic E-state index is 0.0993. The number of unbranched alkanes of at least 4 members (excludes halogenated alkanes) is 1. The van der Waals surface area contributed by atoms with Crippen molar-refractivity contribution < 1.29 is 9.53 Å². The third-order valence-corrected chi connectivity index (χ3v) is 6.01. The number of thiocarbonyl (C=S) groups is 1. The fraction of sp³-hybridized carbons (Fsp3) is 0.714. The average molecular weight is 441 g/mol. The maximum absolute atomic E-state index is 11.8. The molecule has 164 valence electrons. The van der Waals surface area contributed by atoms with Crippen LogP contribution in [0.1, 0.15) is 56.7 Å². The number of amides is 1. The third kappa shape index (κ3) is 10.8. The van der Waals surface area contributed by atoms with E-state index >= 15 is 0 Å². The smallest absolute Gasteiger partial charge is 0.220 e. The van der Waals surface area contributed by atoms with Gasteiger partial charge in [0.25, 0.3) is 0 Å². The molecule has 0 spiro atoms. The first-order chi connectivity index (χ1) is 14.2. The molecule has 1 aromatic rings. The molecule has 0 saturated carbocycles. The lowest BCUT2D eigenvalue weighted by Crippen LogP contribution is -2.36. The average Bonchev–Trinajstić information content (AvgIpc) is 3.16. The fourth-order valence-corrected chi connectivity index (χ4v) is 4.36. The van der Waals surface area contributed by atoms with Gasteiger partial charge in [0.15, 0.2) is 5.11 Å². The van der Waals surface area contributed by atoms with Gasteiger partial charge in [0, 0.05) is 42.9 Å². The zero-order valence-corrected chi connectivity index (χ0v) is 19.3. The van der Waals surface area contributed by atoms with Crippen LogP contribution in [0.4, 0.5) is 0 Å². The quantitative estimate of drug-likeness (QED) is 0.323. The van der Waals surface area contributed by atoms with Crippen molar-refractivity contribution in [3.63, 3.8) is 0 Å². The molecule has 1 aliphatic heterocycles. The number of carbonyl (C=O) groups excluding carboxylic acids is 1. The lowest BCUT2D eigenvalue weighted by atomic mass is 10.1. The molecule has 1 aliphatic rings. The molecule has 1 aromatic heterocycles. The summed E-state index contributed by atoms with van der Waals surface area (Å²) in [4.78, 5) is 15.7. The van der Waals surface area contributed by atoms with Crippen LogP contribution in [0.5, 0.6) is 5.75 Å². The Kier molecular flexibility index (Phi) is 12.0. The molecule has 2 heterocycles. The minimum atomic E-state index is 0.0993. The Morgan fingerprint density at radius 3 is 2.72 bits per heavy atom. The summed E-state index contributed by atoms with van der Waals surface area (Å²) in [7, 11) is 0. The Morgan fingerprint density at radius 2 is 1.93 bits per heavy atom. The summed E-state index contributed by atoms with van der Waals surface area (Å²) in [5.74, 6) is 1.08. The predicted octanol–water partition coefficient (Wildman–Crippen LogP) is 3.27. The first kappa shape index (κ1) is 23.9. The topological polar surface area (TPSA) is 65.6 Å². The van der Waals surface area contributed by atoms with Crippen LogP contribution in [-0.2, 0) is 11.3 Å². The van der Waals surface area contributed by atoms with Crippen molar-refractivity contribution in [1.29, 1.82) is 0 Å². The molecule has 1 amide bonds. The van der Waals surface area contributed by atoms with E-state index in [4.69, 9.17) is 17.0 Å². The van der Waals surface area contributed by atoms with Crippen LogP contribution in [0.2, 0.25) is 0 Å². The highest BCUT2D eigenvalue weighted by Crippen LogP contribution is 2.24. The van der Waals surface area contributed by atoms with Gasteiger partial charge in [-0.25, -0.2) is 0 Å². The molecule has 1 fully saturated rings. The van der Waals surface area contributed by atoms with Gasteiger partial charge in [0.05, 0.1) is 6.61 Å². The number of hydrogen-bond donors (Lipinski definition) is 3. The van der Waals surface area contributed by atoms with Crippen LogP contribution >= 0.6 is 23.6 Å². The van der Waals surface area contributed by atoms with Gasteiger partial charge in [-0.2, -0.15) is 0 Å². The second kappa shape index (κ2) is 14.6. The first-order valence-corrected chi connectivity index (χ1v) is 12.2. The molecule has 0 bridgehead atoms. The van der Waals surface area contributed by atoms with E-state index in [9.17, 15) is 4.79 Å². The molecule has 2 rings (SSSR count). The molecule has 0 aliphatic carbocycles. The van der Waals surface area contributed by atoms with Crippen LogP contribution in [-0.4, -0.2) is 55.3 Å². The van der Waals surface area contributed by atoms with Crippen LogP contribution in [0.3, 0.4) is 0 Å². The van der Waals surface area contributed by atoms with E-state index in [2.05, 4.69) is 32.3 Å². The summed E-state index contributed by atoms with van der Waals surface area (Å²) < 4.78 is 5.86. The molecule has 0 radical (unpaired) electrons. The summed E-state index contributed by atoms with van der Waals surface area (Å²) in [6.45, 7) is 8.42. The van der Waals surface area contributed by atoms with E-state index in [-0.39, 0.29) is 5.91 Å². The minimum Gasteiger partial charge on any atom is -0.493 e. The van der Waals surface area contributed by atoms with Crippen molar-refractivity contribution in [2.45, 2.75) is 58.4 Å². The number of nitrogens with one attached hydrogen (secondary N) is 3.